The Bertz CT molecular complexity index is 643. The Hall–Kier alpha value is -1.88. The van der Waals surface area contributed by atoms with Crippen molar-refractivity contribution in [3.63, 3.8) is 0 Å². The van der Waals surface area contributed by atoms with E-state index >= 15 is 0 Å². The van der Waals surface area contributed by atoms with Crippen molar-refractivity contribution in [2.45, 2.75) is 31.3 Å². The third kappa shape index (κ3) is 1.89. The molecular weight excluding hydrogens is 254 g/mol. The maximum Gasteiger partial charge on any atom is 0.253 e. The van der Waals surface area contributed by atoms with E-state index in [1.165, 1.54) is 12.8 Å². The summed E-state index contributed by atoms with van der Waals surface area (Å²) in [5, 5.41) is 6.67. The molecule has 1 amide bonds. The summed E-state index contributed by atoms with van der Waals surface area (Å²) in [6, 6.07) is 6.10. The normalized spacial score (nSPS) is 28.7. The van der Waals surface area contributed by atoms with E-state index in [1.807, 2.05) is 12.1 Å². The summed E-state index contributed by atoms with van der Waals surface area (Å²) < 4.78 is 5.24. The monoisotopic (exact) mass is 271 g/mol. The Labute approximate surface area is 116 Å². The number of aromatic nitrogens is 1. The first-order valence-corrected chi connectivity index (χ1v) is 7.18. The van der Waals surface area contributed by atoms with Gasteiger partial charge in [0.15, 0.2) is 12.0 Å². The Morgan fingerprint density at radius 2 is 2.35 bits per heavy atom. The van der Waals surface area contributed by atoms with Crippen molar-refractivity contribution in [1.29, 1.82) is 0 Å². The van der Waals surface area contributed by atoms with E-state index in [2.05, 4.69) is 15.6 Å². The number of nitrogens with one attached hydrogen (secondary N) is 2. The van der Waals surface area contributed by atoms with Crippen LogP contribution in [0.15, 0.2) is 29.0 Å². The molecular formula is C15H17N3O2. The first-order valence-electron chi connectivity index (χ1n) is 7.18. The molecule has 5 rings (SSSR count). The van der Waals surface area contributed by atoms with E-state index in [-0.39, 0.29) is 11.9 Å². The zero-order valence-electron chi connectivity index (χ0n) is 11.1. The highest BCUT2D eigenvalue weighted by atomic mass is 16.3. The van der Waals surface area contributed by atoms with E-state index in [4.69, 9.17) is 4.42 Å². The minimum atomic E-state index is -0.0520. The number of hydrogen-bond acceptors (Lipinski definition) is 4. The number of fused-ring (bicyclic) bond motifs is 4. The SMILES string of the molecule is O=C(NC1CC2CCC1NC2)c1cccc2ocnc12. The lowest BCUT2D eigenvalue weighted by Gasteiger charge is -2.43. The van der Waals surface area contributed by atoms with E-state index < -0.39 is 0 Å². The first-order chi connectivity index (χ1) is 9.81. The maximum absolute atomic E-state index is 12.5. The van der Waals surface area contributed by atoms with E-state index in [0.29, 0.717) is 28.6 Å². The quantitative estimate of drug-likeness (QED) is 0.872. The van der Waals surface area contributed by atoms with Crippen LogP contribution in [0.25, 0.3) is 11.1 Å². The van der Waals surface area contributed by atoms with E-state index in [9.17, 15) is 4.79 Å². The lowest BCUT2D eigenvalue weighted by atomic mass is 9.78. The Morgan fingerprint density at radius 1 is 1.40 bits per heavy atom. The van der Waals surface area contributed by atoms with Gasteiger partial charge in [0.1, 0.15) is 5.52 Å². The fourth-order valence-electron chi connectivity index (χ4n) is 3.48. The molecule has 3 atom stereocenters. The number of piperidine rings is 2. The summed E-state index contributed by atoms with van der Waals surface area (Å²) >= 11 is 0. The molecule has 1 aliphatic carbocycles. The van der Waals surface area contributed by atoms with Gasteiger partial charge in [-0.25, -0.2) is 4.98 Å². The van der Waals surface area contributed by atoms with Crippen LogP contribution in [0, 0.1) is 5.92 Å². The maximum atomic E-state index is 12.5. The summed E-state index contributed by atoms with van der Waals surface area (Å²) in [7, 11) is 0. The summed E-state index contributed by atoms with van der Waals surface area (Å²) in [6.45, 7) is 1.09. The largest absolute Gasteiger partial charge is 0.443 e. The highest BCUT2D eigenvalue weighted by Gasteiger charge is 2.36. The van der Waals surface area contributed by atoms with Gasteiger partial charge in [-0.2, -0.15) is 0 Å². The number of oxazole rings is 1. The molecule has 0 spiro atoms. The lowest BCUT2D eigenvalue weighted by molar-refractivity contribution is 0.0869. The highest BCUT2D eigenvalue weighted by Crippen LogP contribution is 2.29. The third-order valence-electron chi connectivity index (χ3n) is 4.55. The third-order valence-corrected chi connectivity index (χ3v) is 4.55. The molecule has 2 bridgehead atoms. The van der Waals surface area contributed by atoms with Gasteiger partial charge in [-0.05, 0) is 43.9 Å². The number of nitrogens with zero attached hydrogens (tertiary/aromatic N) is 1. The number of carbonyl (C=O) groups is 1. The van der Waals surface area contributed by atoms with Gasteiger partial charge in [0.2, 0.25) is 0 Å². The first kappa shape index (κ1) is 11.9. The van der Waals surface area contributed by atoms with E-state index in [1.54, 1.807) is 6.07 Å². The number of para-hydroxylation sites is 1. The molecule has 1 aromatic carbocycles. The molecule has 2 aliphatic heterocycles. The van der Waals surface area contributed by atoms with Crippen LogP contribution in [0.5, 0.6) is 0 Å². The van der Waals surface area contributed by atoms with Gasteiger partial charge in [-0.1, -0.05) is 6.07 Å². The fourth-order valence-corrected chi connectivity index (χ4v) is 3.48. The average Bonchev–Trinajstić information content (AvgIpc) is 2.96. The molecule has 5 nitrogen and oxygen atoms in total. The number of hydrogen-bond donors (Lipinski definition) is 2. The highest BCUT2D eigenvalue weighted by molar-refractivity contribution is 6.04. The van der Waals surface area contributed by atoms with Crippen molar-refractivity contribution < 1.29 is 9.21 Å². The van der Waals surface area contributed by atoms with Crippen LogP contribution in [0.3, 0.4) is 0 Å². The number of benzene rings is 1. The molecule has 3 heterocycles. The second-order valence-electron chi connectivity index (χ2n) is 5.78. The van der Waals surface area contributed by atoms with Gasteiger partial charge in [0.25, 0.3) is 5.91 Å². The molecule has 20 heavy (non-hydrogen) atoms. The van der Waals surface area contributed by atoms with Gasteiger partial charge < -0.3 is 15.1 Å². The van der Waals surface area contributed by atoms with Crippen molar-refractivity contribution in [3.8, 4) is 0 Å². The van der Waals surface area contributed by atoms with Crippen molar-refractivity contribution >= 4 is 17.0 Å². The van der Waals surface area contributed by atoms with Crippen LogP contribution in [-0.2, 0) is 0 Å². The summed E-state index contributed by atoms with van der Waals surface area (Å²) in [4.78, 5) is 16.6. The summed E-state index contributed by atoms with van der Waals surface area (Å²) in [6.07, 6.45) is 4.90. The second-order valence-corrected chi connectivity index (χ2v) is 5.78. The van der Waals surface area contributed by atoms with Crippen LogP contribution in [0.4, 0.5) is 0 Å². The van der Waals surface area contributed by atoms with Crippen molar-refractivity contribution in [3.05, 3.63) is 30.2 Å². The number of carbonyl (C=O) groups excluding carboxylic acids is 1. The Kier molecular flexibility index (Phi) is 2.73. The summed E-state index contributed by atoms with van der Waals surface area (Å²) in [5.74, 6) is 0.650. The fraction of sp³-hybridized carbons (Fsp3) is 0.467. The summed E-state index contributed by atoms with van der Waals surface area (Å²) in [5.41, 5.74) is 1.89. The molecule has 2 saturated heterocycles. The van der Waals surface area contributed by atoms with Gasteiger partial charge in [0.05, 0.1) is 5.56 Å². The zero-order chi connectivity index (χ0) is 13.5. The smallest absolute Gasteiger partial charge is 0.253 e. The average molecular weight is 271 g/mol. The second kappa shape index (κ2) is 4.59. The van der Waals surface area contributed by atoms with Gasteiger partial charge >= 0.3 is 0 Å². The predicted molar refractivity (Wildman–Crippen MR) is 74.4 cm³/mol. The minimum Gasteiger partial charge on any atom is -0.443 e. The molecule has 1 saturated carbocycles. The zero-order valence-corrected chi connectivity index (χ0v) is 11.1. The van der Waals surface area contributed by atoms with Crippen LogP contribution < -0.4 is 10.6 Å². The molecule has 2 aromatic rings. The Balaban J connectivity index is 1.57. The van der Waals surface area contributed by atoms with Crippen LogP contribution in [-0.4, -0.2) is 29.5 Å². The molecule has 3 unspecified atom stereocenters. The predicted octanol–water partition coefficient (Wildman–Crippen LogP) is 1.70. The topological polar surface area (TPSA) is 67.2 Å². The molecule has 3 fully saturated rings. The van der Waals surface area contributed by atoms with Crippen molar-refractivity contribution in [2.24, 2.45) is 5.92 Å². The van der Waals surface area contributed by atoms with Gasteiger partial charge in [0, 0.05) is 12.1 Å². The minimum absolute atomic E-state index is 0.0520. The number of amides is 1. The lowest BCUT2D eigenvalue weighted by Crippen LogP contribution is -2.59. The molecule has 2 N–H and O–H groups in total. The van der Waals surface area contributed by atoms with Crippen LogP contribution in [0.2, 0.25) is 0 Å². The van der Waals surface area contributed by atoms with Crippen LogP contribution >= 0.6 is 0 Å². The molecule has 1 aromatic heterocycles. The molecule has 104 valence electrons. The van der Waals surface area contributed by atoms with Crippen molar-refractivity contribution in [2.75, 3.05) is 6.54 Å². The molecule has 5 heteroatoms. The van der Waals surface area contributed by atoms with Crippen molar-refractivity contribution in [1.82, 2.24) is 15.6 Å². The molecule has 0 radical (unpaired) electrons. The van der Waals surface area contributed by atoms with Crippen LogP contribution in [0.1, 0.15) is 29.6 Å². The van der Waals surface area contributed by atoms with E-state index in [0.717, 1.165) is 19.4 Å². The van der Waals surface area contributed by atoms with Gasteiger partial charge in [-0.15, -0.1) is 0 Å². The Morgan fingerprint density at radius 3 is 3.10 bits per heavy atom. The number of rotatable bonds is 2. The standard InChI is InChI=1S/C15H17N3O2/c19-15(10-2-1-3-13-14(10)17-8-20-13)18-12-6-9-4-5-11(12)16-7-9/h1-3,8-9,11-12,16H,4-7H2,(H,18,19). The van der Waals surface area contributed by atoms with Gasteiger partial charge in [-0.3, -0.25) is 4.79 Å². The molecule has 3 aliphatic rings.